The monoisotopic (exact) mass is 511 g/mol. The molecule has 0 unspecified atom stereocenters. The minimum Gasteiger partial charge on any atom is -0.497 e. The normalized spacial score (nSPS) is 18.3. The summed E-state index contributed by atoms with van der Waals surface area (Å²) in [6.45, 7) is 2.75. The molecule has 1 aromatic heterocycles. The van der Waals surface area contributed by atoms with Crippen molar-refractivity contribution >= 4 is 16.8 Å². The van der Waals surface area contributed by atoms with E-state index in [9.17, 15) is 9.90 Å². The van der Waals surface area contributed by atoms with Gasteiger partial charge in [0, 0.05) is 54.3 Å². The number of carbonyl (C=O) groups is 1. The van der Waals surface area contributed by atoms with Gasteiger partial charge in [-0.15, -0.1) is 0 Å². The Morgan fingerprint density at radius 2 is 1.66 bits per heavy atom. The third-order valence-electron chi connectivity index (χ3n) is 8.10. The summed E-state index contributed by atoms with van der Waals surface area (Å²) < 4.78 is 10.8. The Morgan fingerprint density at radius 3 is 2.34 bits per heavy atom. The summed E-state index contributed by atoms with van der Waals surface area (Å²) in [4.78, 5) is 21.2. The molecule has 38 heavy (non-hydrogen) atoms. The zero-order valence-corrected chi connectivity index (χ0v) is 21.8. The molecule has 3 aromatic carbocycles. The maximum atomic E-state index is 13.2. The van der Waals surface area contributed by atoms with E-state index in [-0.39, 0.29) is 24.0 Å². The van der Waals surface area contributed by atoms with E-state index >= 15 is 0 Å². The summed E-state index contributed by atoms with van der Waals surface area (Å²) in [7, 11) is 3.33. The van der Waals surface area contributed by atoms with Gasteiger partial charge in [-0.25, -0.2) is 0 Å². The highest BCUT2D eigenvalue weighted by atomic mass is 16.5. The highest BCUT2D eigenvalue weighted by Gasteiger charge is 2.53. The van der Waals surface area contributed by atoms with Gasteiger partial charge in [-0.1, -0.05) is 42.5 Å². The zero-order valence-electron chi connectivity index (χ0n) is 21.8. The lowest BCUT2D eigenvalue weighted by Crippen LogP contribution is -2.67. The smallest absolute Gasteiger partial charge is 0.227 e. The summed E-state index contributed by atoms with van der Waals surface area (Å²) in [5, 5.41) is 11.7. The number of benzene rings is 3. The van der Waals surface area contributed by atoms with E-state index in [0.717, 1.165) is 45.8 Å². The van der Waals surface area contributed by atoms with Crippen LogP contribution in [0.15, 0.2) is 72.8 Å². The molecule has 6 rings (SSSR count). The lowest BCUT2D eigenvalue weighted by molar-refractivity contribution is -0.140. The molecule has 0 bridgehead atoms. The Kier molecular flexibility index (Phi) is 6.33. The zero-order chi connectivity index (χ0) is 26.3. The lowest BCUT2D eigenvalue weighted by Gasteiger charge is -2.56. The van der Waals surface area contributed by atoms with Crippen LogP contribution in [0, 0.1) is 0 Å². The molecule has 1 atom stereocenters. The maximum absolute atomic E-state index is 13.2. The number of aromatic amines is 1. The first kappa shape index (κ1) is 24.5. The number of nitrogens with one attached hydrogen (secondary N) is 1. The Balaban J connectivity index is 1.35. The highest BCUT2D eigenvalue weighted by Crippen LogP contribution is 2.49. The van der Waals surface area contributed by atoms with Crippen LogP contribution >= 0.6 is 0 Å². The van der Waals surface area contributed by atoms with Crippen LogP contribution in [0.25, 0.3) is 10.9 Å². The van der Waals surface area contributed by atoms with Gasteiger partial charge in [0.2, 0.25) is 5.91 Å². The molecule has 7 nitrogen and oxygen atoms in total. The molecule has 2 N–H and O–H groups in total. The van der Waals surface area contributed by atoms with Gasteiger partial charge in [-0.3, -0.25) is 9.69 Å². The average Bonchev–Trinajstić information content (AvgIpc) is 3.31. The number of hydrogen-bond acceptors (Lipinski definition) is 5. The number of carbonyl (C=O) groups excluding carboxylic acids is 1. The molecule has 1 saturated heterocycles. The number of rotatable bonds is 7. The second kappa shape index (κ2) is 9.82. The Bertz CT molecular complexity index is 1440. The van der Waals surface area contributed by atoms with Crippen molar-refractivity contribution < 1.29 is 19.4 Å². The van der Waals surface area contributed by atoms with Gasteiger partial charge in [-0.05, 0) is 41.0 Å². The van der Waals surface area contributed by atoms with Crippen LogP contribution in [0.3, 0.4) is 0 Å². The van der Waals surface area contributed by atoms with Gasteiger partial charge < -0.3 is 24.5 Å². The standard InChI is InChI=1S/C31H33N3O4/c1-37-23-10-8-22(9-11-23)16-33-18-31(19-34(20-31)28(36)14-21-6-4-3-5-7-21)29-25-13-12-24(38-2)15-26(25)32-30(29)27(33)17-35/h3-13,15,27,32,35H,14,16-20H2,1-2H3/t27-/m0/s1. The second-order valence-corrected chi connectivity index (χ2v) is 10.5. The van der Waals surface area contributed by atoms with Crippen LogP contribution in [0.5, 0.6) is 11.5 Å². The van der Waals surface area contributed by atoms with Crippen LogP contribution < -0.4 is 9.47 Å². The topological polar surface area (TPSA) is 78.0 Å². The third-order valence-corrected chi connectivity index (χ3v) is 8.10. The Labute approximate surface area is 222 Å². The van der Waals surface area contributed by atoms with Crippen LogP contribution in [0.2, 0.25) is 0 Å². The second-order valence-electron chi connectivity index (χ2n) is 10.5. The molecule has 1 fully saturated rings. The van der Waals surface area contributed by atoms with E-state index in [1.54, 1.807) is 14.2 Å². The molecular formula is C31H33N3O4. The minimum absolute atomic E-state index is 0.000155. The molecule has 0 saturated carbocycles. The Hall–Kier alpha value is -3.81. The fourth-order valence-corrected chi connectivity index (χ4v) is 6.25. The summed E-state index contributed by atoms with van der Waals surface area (Å²) >= 11 is 0. The molecule has 2 aliphatic heterocycles. The molecule has 1 amide bonds. The van der Waals surface area contributed by atoms with Crippen molar-refractivity contribution in [1.82, 2.24) is 14.8 Å². The maximum Gasteiger partial charge on any atom is 0.227 e. The number of fused-ring (bicyclic) bond motifs is 4. The molecule has 7 heteroatoms. The predicted molar refractivity (Wildman–Crippen MR) is 146 cm³/mol. The predicted octanol–water partition coefficient (Wildman–Crippen LogP) is 4.06. The van der Waals surface area contributed by atoms with Gasteiger partial charge in [-0.2, -0.15) is 0 Å². The summed E-state index contributed by atoms with van der Waals surface area (Å²) in [6.07, 6.45) is 0.406. The number of aliphatic hydroxyl groups is 1. The third kappa shape index (κ3) is 4.22. The van der Waals surface area contributed by atoms with Gasteiger partial charge in [0.15, 0.2) is 0 Å². The molecule has 2 aliphatic rings. The number of aliphatic hydroxyl groups excluding tert-OH is 1. The lowest BCUT2D eigenvalue weighted by atomic mass is 9.68. The van der Waals surface area contributed by atoms with E-state index in [1.165, 1.54) is 5.56 Å². The van der Waals surface area contributed by atoms with Gasteiger partial charge >= 0.3 is 0 Å². The largest absolute Gasteiger partial charge is 0.497 e. The quantitative estimate of drug-likeness (QED) is 0.391. The molecule has 4 aromatic rings. The van der Waals surface area contributed by atoms with Crippen molar-refractivity contribution in [3.63, 3.8) is 0 Å². The number of H-pyrrole nitrogens is 1. The van der Waals surface area contributed by atoms with Crippen LogP contribution in [0.1, 0.15) is 28.4 Å². The summed E-state index contributed by atoms with van der Waals surface area (Å²) in [5.74, 6) is 1.76. The molecule has 3 heterocycles. The van der Waals surface area contributed by atoms with Crippen molar-refractivity contribution in [2.75, 3.05) is 40.5 Å². The number of aromatic nitrogens is 1. The Morgan fingerprint density at radius 1 is 0.947 bits per heavy atom. The molecular weight excluding hydrogens is 478 g/mol. The van der Waals surface area contributed by atoms with Gasteiger partial charge in [0.05, 0.1) is 33.3 Å². The fourth-order valence-electron chi connectivity index (χ4n) is 6.25. The summed E-state index contributed by atoms with van der Waals surface area (Å²) in [5.41, 5.74) is 5.22. The minimum atomic E-state index is -0.216. The average molecular weight is 512 g/mol. The first-order valence-corrected chi connectivity index (χ1v) is 13.0. The van der Waals surface area contributed by atoms with Crippen molar-refractivity contribution in [3.8, 4) is 11.5 Å². The van der Waals surface area contributed by atoms with Crippen molar-refractivity contribution in [2.45, 2.75) is 24.4 Å². The first-order valence-electron chi connectivity index (χ1n) is 13.0. The molecule has 196 valence electrons. The number of methoxy groups -OCH3 is 2. The van der Waals surface area contributed by atoms with E-state index in [4.69, 9.17) is 9.47 Å². The van der Waals surface area contributed by atoms with Crippen LogP contribution in [0.4, 0.5) is 0 Å². The summed E-state index contributed by atoms with van der Waals surface area (Å²) in [6, 6.07) is 23.9. The van der Waals surface area contributed by atoms with Crippen molar-refractivity contribution in [2.24, 2.45) is 0 Å². The molecule has 0 radical (unpaired) electrons. The SMILES string of the molecule is COc1ccc(CN2CC3(CN(C(=O)Cc4ccccc4)C3)c3c([nH]c4cc(OC)ccc34)[C@@H]2CO)cc1. The highest BCUT2D eigenvalue weighted by molar-refractivity contribution is 5.89. The van der Waals surface area contributed by atoms with E-state index in [0.29, 0.717) is 26.1 Å². The molecule has 1 spiro atoms. The van der Waals surface area contributed by atoms with E-state index in [2.05, 4.69) is 28.1 Å². The van der Waals surface area contributed by atoms with E-state index in [1.807, 2.05) is 59.5 Å². The van der Waals surface area contributed by atoms with Crippen molar-refractivity contribution in [3.05, 3.63) is 95.2 Å². The first-order chi connectivity index (χ1) is 18.5. The van der Waals surface area contributed by atoms with E-state index < -0.39 is 0 Å². The fraction of sp³-hybridized carbons (Fsp3) is 0.323. The number of ether oxygens (including phenoxy) is 2. The number of hydrogen-bond donors (Lipinski definition) is 2. The van der Waals surface area contributed by atoms with Crippen LogP contribution in [-0.2, 0) is 23.2 Å². The van der Waals surface area contributed by atoms with Gasteiger partial charge in [0.25, 0.3) is 0 Å². The number of amides is 1. The van der Waals surface area contributed by atoms with Gasteiger partial charge in [0.1, 0.15) is 11.5 Å². The number of nitrogens with zero attached hydrogens (tertiary/aromatic N) is 2. The van der Waals surface area contributed by atoms with Crippen LogP contribution in [-0.4, -0.2) is 66.3 Å². The van der Waals surface area contributed by atoms with Crippen molar-refractivity contribution in [1.29, 1.82) is 0 Å². The number of likely N-dealkylation sites (tertiary alicyclic amines) is 1. The molecule has 0 aliphatic carbocycles.